The van der Waals surface area contributed by atoms with E-state index in [1.165, 1.54) is 0 Å². The van der Waals surface area contributed by atoms with Gasteiger partial charge >= 0.3 is 54.0 Å². The number of ether oxygens (including phenoxy) is 1. The second kappa shape index (κ2) is 10.8. The number of carbonyl (C=O) groups excluding carboxylic acids is 3. The van der Waals surface area contributed by atoms with Gasteiger partial charge in [0.1, 0.15) is 6.61 Å². The Bertz CT molecular complexity index is 809. The van der Waals surface area contributed by atoms with Crippen LogP contribution in [0.2, 0.25) is 0 Å². The summed E-state index contributed by atoms with van der Waals surface area (Å²) in [6.07, 6.45) is -15.1. The standard InChI is InChI=1S/C14H11F14NO7/c1-4(2)34-6(30)5(29-35-7(31)9(15,16)11(19,20)13(23,24)25)3-33-36-8(32)10(17,18)12(21,22)14(26,27)28/h4-5,29H,3H2,1-2H3/t5-/m0/s1. The van der Waals surface area contributed by atoms with Gasteiger partial charge in [0, 0.05) is 0 Å². The van der Waals surface area contributed by atoms with E-state index in [-0.39, 0.29) is 0 Å². The largest absolute Gasteiger partial charge is 0.462 e. The third kappa shape index (κ3) is 6.97. The molecule has 0 aromatic heterocycles. The molecule has 0 radical (unpaired) electrons. The van der Waals surface area contributed by atoms with Gasteiger partial charge < -0.3 is 9.57 Å². The molecule has 0 aliphatic rings. The topological polar surface area (TPSA) is 100 Å². The third-order valence-corrected chi connectivity index (χ3v) is 3.31. The quantitative estimate of drug-likeness (QED) is 0.174. The first kappa shape index (κ1) is 33.4. The zero-order chi connectivity index (χ0) is 29.1. The summed E-state index contributed by atoms with van der Waals surface area (Å²) in [6.45, 7) is 0.221. The summed E-state index contributed by atoms with van der Waals surface area (Å²) >= 11 is 0. The summed E-state index contributed by atoms with van der Waals surface area (Å²) < 4.78 is 180. The number of nitrogens with one attached hydrogen (secondary N) is 1. The normalized spacial score (nSPS) is 14.9. The molecule has 0 spiro atoms. The molecule has 0 aromatic carbocycles. The van der Waals surface area contributed by atoms with Crippen LogP contribution in [0.4, 0.5) is 61.5 Å². The molecule has 0 aliphatic carbocycles. The molecule has 0 fully saturated rings. The minimum Gasteiger partial charge on any atom is -0.462 e. The van der Waals surface area contributed by atoms with Crippen molar-refractivity contribution in [3.05, 3.63) is 0 Å². The number of hydrogen-bond acceptors (Lipinski definition) is 8. The molecule has 0 saturated carbocycles. The summed E-state index contributed by atoms with van der Waals surface area (Å²) in [7, 11) is 0. The second-order valence-electron chi connectivity index (χ2n) is 6.49. The van der Waals surface area contributed by atoms with Crippen molar-refractivity contribution in [2.24, 2.45) is 0 Å². The maximum Gasteiger partial charge on any atom is 0.460 e. The van der Waals surface area contributed by atoms with Gasteiger partial charge in [-0.25, -0.2) is 9.59 Å². The highest BCUT2D eigenvalue weighted by atomic mass is 19.4. The highest BCUT2D eigenvalue weighted by Gasteiger charge is 2.78. The number of hydroxylamine groups is 1. The van der Waals surface area contributed by atoms with Gasteiger partial charge in [-0.2, -0.15) is 66.4 Å². The van der Waals surface area contributed by atoms with Crippen molar-refractivity contribution < 1.29 is 95.2 Å². The van der Waals surface area contributed by atoms with E-state index in [0.29, 0.717) is 0 Å². The van der Waals surface area contributed by atoms with Crippen LogP contribution in [0.1, 0.15) is 13.8 Å². The number of alkyl halides is 14. The van der Waals surface area contributed by atoms with Crippen LogP contribution in [0.5, 0.6) is 0 Å². The van der Waals surface area contributed by atoms with Crippen LogP contribution in [0.25, 0.3) is 0 Å². The van der Waals surface area contributed by atoms with Crippen LogP contribution >= 0.6 is 0 Å². The molecular weight excluding hydrogens is 560 g/mol. The highest BCUT2D eigenvalue weighted by molar-refractivity contribution is 5.80. The second-order valence-corrected chi connectivity index (χ2v) is 6.49. The predicted octanol–water partition coefficient (Wildman–Crippen LogP) is 3.50. The molecular formula is C14H11F14NO7. The Balaban J connectivity index is 5.50. The molecule has 36 heavy (non-hydrogen) atoms. The van der Waals surface area contributed by atoms with Gasteiger partial charge in [0.2, 0.25) is 0 Å². The minimum absolute atomic E-state index is 0.785. The lowest BCUT2D eigenvalue weighted by atomic mass is 10.1. The Morgan fingerprint density at radius 3 is 1.44 bits per heavy atom. The van der Waals surface area contributed by atoms with Gasteiger partial charge in [0.25, 0.3) is 0 Å². The fourth-order valence-electron chi connectivity index (χ4n) is 1.47. The maximum atomic E-state index is 13.2. The van der Waals surface area contributed by atoms with Gasteiger partial charge in [-0.05, 0) is 13.8 Å². The zero-order valence-electron chi connectivity index (χ0n) is 17.0. The Labute approximate surface area is 188 Å². The molecule has 8 nitrogen and oxygen atoms in total. The third-order valence-electron chi connectivity index (χ3n) is 3.31. The van der Waals surface area contributed by atoms with Crippen LogP contribution < -0.4 is 5.48 Å². The number of carbonyl (C=O) groups is 3. The summed E-state index contributed by atoms with van der Waals surface area (Å²) in [4.78, 5) is 43.3. The van der Waals surface area contributed by atoms with E-state index >= 15 is 0 Å². The fraction of sp³-hybridized carbons (Fsp3) is 0.786. The van der Waals surface area contributed by atoms with Crippen molar-refractivity contribution in [3.63, 3.8) is 0 Å². The van der Waals surface area contributed by atoms with E-state index < -0.39 is 72.7 Å². The smallest absolute Gasteiger partial charge is 0.460 e. The van der Waals surface area contributed by atoms with Crippen LogP contribution in [0, 0.1) is 0 Å². The monoisotopic (exact) mass is 571 g/mol. The number of esters is 1. The minimum atomic E-state index is -7.02. The molecule has 0 amide bonds. The molecule has 0 heterocycles. The summed E-state index contributed by atoms with van der Waals surface area (Å²) in [5.74, 6) is -36.6. The van der Waals surface area contributed by atoms with Crippen molar-refractivity contribution >= 4 is 17.9 Å². The lowest BCUT2D eigenvalue weighted by Crippen LogP contribution is -2.58. The maximum absolute atomic E-state index is 13.2. The molecule has 1 atom stereocenters. The molecule has 22 heteroatoms. The van der Waals surface area contributed by atoms with Crippen LogP contribution in [0.15, 0.2) is 0 Å². The Morgan fingerprint density at radius 2 is 1.08 bits per heavy atom. The first-order valence-corrected chi connectivity index (χ1v) is 8.41. The van der Waals surface area contributed by atoms with E-state index in [2.05, 4.69) is 19.3 Å². The first-order chi connectivity index (χ1) is 15.7. The number of rotatable bonds is 11. The van der Waals surface area contributed by atoms with E-state index in [4.69, 9.17) is 0 Å². The molecule has 0 saturated heterocycles. The SMILES string of the molecule is CC(C)OC(=O)[C@H](COOC(=O)C(F)(F)C(F)(F)C(F)(F)F)NOC(=O)C(F)(F)C(F)(F)C(F)(F)F. The average Bonchev–Trinajstić information content (AvgIpc) is 2.67. The molecule has 0 aromatic rings. The van der Waals surface area contributed by atoms with E-state index in [0.717, 1.165) is 19.3 Å². The van der Waals surface area contributed by atoms with Gasteiger partial charge in [0.15, 0.2) is 6.04 Å². The average molecular weight is 571 g/mol. The van der Waals surface area contributed by atoms with Crippen molar-refractivity contribution in [1.29, 1.82) is 0 Å². The highest BCUT2D eigenvalue weighted by Crippen LogP contribution is 2.48. The number of halogens is 14. The van der Waals surface area contributed by atoms with Gasteiger partial charge in [-0.3, -0.25) is 9.68 Å². The summed E-state index contributed by atoms with van der Waals surface area (Å²) in [5.41, 5.74) is 0.785. The van der Waals surface area contributed by atoms with Crippen LogP contribution in [0.3, 0.4) is 0 Å². The Hall–Kier alpha value is -2.65. The van der Waals surface area contributed by atoms with E-state index in [1.807, 2.05) is 0 Å². The fourth-order valence-corrected chi connectivity index (χ4v) is 1.47. The van der Waals surface area contributed by atoms with E-state index in [9.17, 15) is 75.8 Å². The molecule has 0 rings (SSSR count). The van der Waals surface area contributed by atoms with E-state index in [1.54, 1.807) is 0 Å². The van der Waals surface area contributed by atoms with Gasteiger partial charge in [0.05, 0.1) is 6.10 Å². The summed E-state index contributed by atoms with van der Waals surface area (Å²) in [5, 5.41) is 0. The zero-order valence-corrected chi connectivity index (χ0v) is 17.0. The molecule has 0 bridgehead atoms. The van der Waals surface area contributed by atoms with Crippen molar-refractivity contribution in [1.82, 2.24) is 5.48 Å². The Kier molecular flexibility index (Phi) is 9.97. The predicted molar refractivity (Wildman–Crippen MR) is 78.2 cm³/mol. The van der Waals surface area contributed by atoms with Gasteiger partial charge in [-0.1, -0.05) is 0 Å². The molecule has 0 aliphatic heterocycles. The Morgan fingerprint density at radius 1 is 0.694 bits per heavy atom. The molecule has 212 valence electrons. The van der Waals surface area contributed by atoms with Crippen LogP contribution in [-0.2, 0) is 33.7 Å². The molecule has 0 unspecified atom stereocenters. The lowest BCUT2D eigenvalue weighted by molar-refractivity contribution is -0.364. The summed E-state index contributed by atoms with van der Waals surface area (Å²) in [6, 6.07) is -2.71. The van der Waals surface area contributed by atoms with Gasteiger partial charge in [-0.15, -0.1) is 5.48 Å². The lowest BCUT2D eigenvalue weighted by Gasteiger charge is -2.27. The van der Waals surface area contributed by atoms with Crippen LogP contribution in [-0.4, -0.2) is 72.7 Å². The number of hydrogen-bond donors (Lipinski definition) is 1. The van der Waals surface area contributed by atoms with Crippen molar-refractivity contribution in [3.8, 4) is 0 Å². The molecule has 1 N–H and O–H groups in total. The van der Waals surface area contributed by atoms with Crippen molar-refractivity contribution in [2.75, 3.05) is 6.61 Å². The first-order valence-electron chi connectivity index (χ1n) is 8.41. The van der Waals surface area contributed by atoms with Crippen molar-refractivity contribution in [2.45, 2.75) is 62.0 Å².